The number of pyridine rings is 1. The maximum atomic E-state index is 14.6. The minimum absolute atomic E-state index is 0.340. The topological polar surface area (TPSA) is 56.0 Å². The number of halogens is 2. The zero-order valence-corrected chi connectivity index (χ0v) is 16.4. The standard InChI is InChI=1S/C22H19ClFN5/c1-13-16(17-11-14(23)3-4-18(17)24)12-20(22(27-13)29-9-2-10-29)28-19-6-8-26-21-15(19)5-7-25-21/h3-8,11-12,27H,1-2,9-10H2,(H2,25,26,28). The van der Waals surface area contributed by atoms with Gasteiger partial charge in [0, 0.05) is 52.7 Å². The van der Waals surface area contributed by atoms with Crippen molar-refractivity contribution in [1.29, 1.82) is 0 Å². The molecule has 5 nitrogen and oxygen atoms in total. The van der Waals surface area contributed by atoms with Crippen LogP contribution in [0.5, 0.6) is 0 Å². The van der Waals surface area contributed by atoms with Crippen LogP contribution in [0.25, 0.3) is 16.6 Å². The van der Waals surface area contributed by atoms with Gasteiger partial charge in [0.05, 0.1) is 11.4 Å². The van der Waals surface area contributed by atoms with E-state index in [0.717, 1.165) is 47.7 Å². The van der Waals surface area contributed by atoms with Gasteiger partial charge in [0.1, 0.15) is 17.3 Å². The number of nitrogens with zero attached hydrogens (tertiary/aromatic N) is 2. The summed E-state index contributed by atoms with van der Waals surface area (Å²) in [4.78, 5) is 9.70. The Bertz CT molecular complexity index is 1190. The zero-order valence-electron chi connectivity index (χ0n) is 15.6. The number of hydrogen-bond donors (Lipinski definition) is 3. The van der Waals surface area contributed by atoms with Gasteiger partial charge in [0.2, 0.25) is 0 Å². The first kappa shape index (κ1) is 17.8. The maximum Gasteiger partial charge on any atom is 0.139 e. The zero-order chi connectivity index (χ0) is 20.0. The summed E-state index contributed by atoms with van der Waals surface area (Å²) in [6.45, 7) is 6.05. The van der Waals surface area contributed by atoms with Gasteiger partial charge in [0.15, 0.2) is 0 Å². The van der Waals surface area contributed by atoms with Gasteiger partial charge in [-0.1, -0.05) is 18.2 Å². The van der Waals surface area contributed by atoms with Gasteiger partial charge in [-0.15, -0.1) is 0 Å². The highest BCUT2D eigenvalue weighted by Gasteiger charge is 2.26. The third-order valence-corrected chi connectivity index (χ3v) is 5.49. The fourth-order valence-corrected chi connectivity index (χ4v) is 3.79. The molecule has 0 bridgehead atoms. The number of fused-ring (bicyclic) bond motifs is 1. The van der Waals surface area contributed by atoms with Crippen molar-refractivity contribution in [1.82, 2.24) is 20.2 Å². The number of rotatable bonds is 4. The normalized spacial score (nSPS) is 16.6. The molecule has 7 heteroatoms. The van der Waals surface area contributed by atoms with E-state index >= 15 is 0 Å². The molecule has 4 heterocycles. The molecule has 3 aromatic rings. The molecule has 0 aliphatic carbocycles. The van der Waals surface area contributed by atoms with E-state index < -0.39 is 0 Å². The van der Waals surface area contributed by atoms with Crippen molar-refractivity contribution in [2.45, 2.75) is 6.42 Å². The molecule has 1 saturated heterocycles. The molecule has 1 fully saturated rings. The van der Waals surface area contributed by atoms with Crippen LogP contribution in [0.15, 0.2) is 72.6 Å². The van der Waals surface area contributed by atoms with E-state index in [0.29, 0.717) is 21.9 Å². The van der Waals surface area contributed by atoms with Gasteiger partial charge >= 0.3 is 0 Å². The molecule has 2 aliphatic rings. The number of allylic oxidation sites excluding steroid dienone is 2. The van der Waals surface area contributed by atoms with E-state index in [1.54, 1.807) is 18.3 Å². The highest BCUT2D eigenvalue weighted by Crippen LogP contribution is 2.34. The first-order valence-corrected chi connectivity index (χ1v) is 9.80. The summed E-state index contributed by atoms with van der Waals surface area (Å²) in [6.07, 6.45) is 6.68. The Morgan fingerprint density at radius 3 is 2.86 bits per heavy atom. The molecule has 2 aliphatic heterocycles. The van der Waals surface area contributed by atoms with Crippen LogP contribution in [0, 0.1) is 5.82 Å². The Hall–Kier alpha value is -3.25. The predicted molar refractivity (Wildman–Crippen MR) is 115 cm³/mol. The van der Waals surface area contributed by atoms with Crippen LogP contribution in [0.2, 0.25) is 5.02 Å². The number of dihydropyridines is 1. The second-order valence-corrected chi connectivity index (χ2v) is 7.55. The van der Waals surface area contributed by atoms with Crippen LogP contribution in [0.3, 0.4) is 0 Å². The Kier molecular flexibility index (Phi) is 4.28. The first-order chi connectivity index (χ1) is 14.1. The van der Waals surface area contributed by atoms with Crippen LogP contribution in [-0.2, 0) is 0 Å². The lowest BCUT2D eigenvalue weighted by Crippen LogP contribution is -2.43. The second kappa shape index (κ2) is 6.97. The van der Waals surface area contributed by atoms with Crippen molar-refractivity contribution in [3.05, 3.63) is 89.0 Å². The Balaban J connectivity index is 1.62. The number of aromatic nitrogens is 2. The molecule has 0 spiro atoms. The van der Waals surface area contributed by atoms with E-state index in [2.05, 4.69) is 32.1 Å². The van der Waals surface area contributed by atoms with E-state index in [1.165, 1.54) is 6.07 Å². The molecular weight excluding hydrogens is 389 g/mol. The molecule has 29 heavy (non-hydrogen) atoms. The van der Waals surface area contributed by atoms with Crippen LogP contribution < -0.4 is 10.6 Å². The fourth-order valence-electron chi connectivity index (χ4n) is 3.62. The van der Waals surface area contributed by atoms with Crippen molar-refractivity contribution in [3.63, 3.8) is 0 Å². The van der Waals surface area contributed by atoms with E-state index in [9.17, 15) is 4.39 Å². The van der Waals surface area contributed by atoms with Crippen LogP contribution in [-0.4, -0.2) is 28.0 Å². The summed E-state index contributed by atoms with van der Waals surface area (Å²) in [5.41, 5.74) is 4.29. The highest BCUT2D eigenvalue weighted by molar-refractivity contribution is 6.30. The minimum Gasteiger partial charge on any atom is -0.356 e. The molecule has 1 aromatic carbocycles. The lowest BCUT2D eigenvalue weighted by Gasteiger charge is -2.39. The van der Waals surface area contributed by atoms with Crippen LogP contribution >= 0.6 is 11.6 Å². The van der Waals surface area contributed by atoms with Crippen LogP contribution in [0.1, 0.15) is 12.0 Å². The summed E-state index contributed by atoms with van der Waals surface area (Å²) >= 11 is 6.12. The van der Waals surface area contributed by atoms with Crippen molar-refractivity contribution >= 4 is 33.9 Å². The molecule has 0 amide bonds. The van der Waals surface area contributed by atoms with Crippen molar-refractivity contribution in [2.24, 2.45) is 0 Å². The number of aromatic amines is 1. The monoisotopic (exact) mass is 407 g/mol. The van der Waals surface area contributed by atoms with Crippen molar-refractivity contribution in [3.8, 4) is 0 Å². The Morgan fingerprint density at radius 1 is 1.21 bits per heavy atom. The number of H-pyrrole nitrogens is 1. The number of likely N-dealkylation sites (tertiary alicyclic amines) is 1. The predicted octanol–water partition coefficient (Wildman–Crippen LogP) is 4.84. The van der Waals surface area contributed by atoms with Gasteiger partial charge in [-0.3, -0.25) is 0 Å². The fraction of sp³-hybridized carbons (Fsp3) is 0.136. The molecule has 0 atom stereocenters. The molecule has 0 radical (unpaired) electrons. The molecule has 0 unspecified atom stereocenters. The van der Waals surface area contributed by atoms with Crippen molar-refractivity contribution < 1.29 is 4.39 Å². The van der Waals surface area contributed by atoms with E-state index in [1.807, 2.05) is 24.4 Å². The van der Waals surface area contributed by atoms with Crippen molar-refractivity contribution in [2.75, 3.05) is 18.4 Å². The molecule has 3 N–H and O–H groups in total. The van der Waals surface area contributed by atoms with Gasteiger partial charge in [-0.2, -0.15) is 0 Å². The largest absolute Gasteiger partial charge is 0.356 e. The summed E-state index contributed by atoms with van der Waals surface area (Å²) in [7, 11) is 0. The first-order valence-electron chi connectivity index (χ1n) is 9.42. The quantitative estimate of drug-likeness (QED) is 0.579. The number of nitrogens with one attached hydrogen (secondary N) is 3. The lowest BCUT2D eigenvalue weighted by atomic mass is 9.98. The third-order valence-electron chi connectivity index (χ3n) is 5.26. The maximum absolute atomic E-state index is 14.6. The molecular formula is C22H19ClFN5. The summed E-state index contributed by atoms with van der Waals surface area (Å²) in [6, 6.07) is 8.44. The summed E-state index contributed by atoms with van der Waals surface area (Å²) < 4.78 is 14.6. The Morgan fingerprint density at radius 2 is 2.07 bits per heavy atom. The number of benzene rings is 1. The highest BCUT2D eigenvalue weighted by atomic mass is 35.5. The molecule has 2 aromatic heterocycles. The minimum atomic E-state index is -0.340. The second-order valence-electron chi connectivity index (χ2n) is 7.11. The smallest absolute Gasteiger partial charge is 0.139 e. The third kappa shape index (κ3) is 3.15. The van der Waals surface area contributed by atoms with E-state index in [4.69, 9.17) is 11.6 Å². The molecule has 5 rings (SSSR count). The van der Waals surface area contributed by atoms with Crippen LogP contribution in [0.4, 0.5) is 10.1 Å². The van der Waals surface area contributed by atoms with Gasteiger partial charge in [0.25, 0.3) is 0 Å². The van der Waals surface area contributed by atoms with Gasteiger partial charge in [-0.05, 0) is 42.8 Å². The average molecular weight is 408 g/mol. The van der Waals surface area contributed by atoms with E-state index in [-0.39, 0.29) is 5.82 Å². The van der Waals surface area contributed by atoms with Gasteiger partial charge < -0.3 is 20.5 Å². The summed E-state index contributed by atoms with van der Waals surface area (Å²) in [5, 5.41) is 8.34. The lowest BCUT2D eigenvalue weighted by molar-refractivity contribution is 0.224. The number of anilines is 1. The van der Waals surface area contributed by atoms with Gasteiger partial charge in [-0.25, -0.2) is 9.37 Å². The average Bonchev–Trinajstić information content (AvgIpc) is 3.14. The SMILES string of the molecule is C=C1NC(N2CCC2)=C(Nc2ccnc3[nH]ccc23)C=C1c1cc(Cl)ccc1F. The summed E-state index contributed by atoms with van der Waals surface area (Å²) in [5.74, 6) is 0.597. The molecule has 146 valence electrons. The number of hydrogen-bond acceptors (Lipinski definition) is 4. The Labute approximate surface area is 172 Å². The molecule has 0 saturated carbocycles.